The van der Waals surface area contributed by atoms with Gasteiger partial charge in [-0.15, -0.1) is 0 Å². The van der Waals surface area contributed by atoms with Crippen LogP contribution in [0.5, 0.6) is 0 Å². The fourth-order valence-corrected chi connectivity index (χ4v) is 1.96. The van der Waals surface area contributed by atoms with E-state index in [-0.39, 0.29) is 12.4 Å². The summed E-state index contributed by atoms with van der Waals surface area (Å²) in [5.41, 5.74) is 0. The van der Waals surface area contributed by atoms with Crippen LogP contribution >= 0.6 is 0 Å². The number of aliphatic carboxylic acids is 1. The summed E-state index contributed by atoms with van der Waals surface area (Å²) in [6.07, 6.45) is 13.7. The molecule has 21 heavy (non-hydrogen) atoms. The molecule has 0 aliphatic rings. The van der Waals surface area contributed by atoms with Crippen molar-refractivity contribution in [3.05, 3.63) is 12.2 Å². The van der Waals surface area contributed by atoms with Crippen molar-refractivity contribution in [1.82, 2.24) is 0 Å². The molecule has 0 unspecified atom stereocenters. The number of carboxylic acid groups (broad SMARTS) is 1. The van der Waals surface area contributed by atoms with Crippen molar-refractivity contribution in [3.8, 4) is 0 Å². The largest absolute Gasteiger partial charge is 0.481 e. The zero-order valence-corrected chi connectivity index (χ0v) is 13.3. The number of hydrogen-bond donors (Lipinski definition) is 1. The summed E-state index contributed by atoms with van der Waals surface area (Å²) in [6, 6.07) is 0. The van der Waals surface area contributed by atoms with E-state index in [1.807, 2.05) is 0 Å². The normalized spacial score (nSPS) is 10.9. The number of allylic oxidation sites excluding steroid dienone is 1. The molecular formula is C17H30O4. The maximum Gasteiger partial charge on any atom is 0.305 e. The van der Waals surface area contributed by atoms with Crippen LogP contribution in [-0.4, -0.2) is 23.7 Å². The molecule has 0 rings (SSSR count). The number of hydrogen-bond acceptors (Lipinski definition) is 3. The lowest BCUT2D eigenvalue weighted by molar-refractivity contribution is -0.143. The third-order valence-corrected chi connectivity index (χ3v) is 3.21. The minimum absolute atomic E-state index is 0.146. The monoisotopic (exact) mass is 298 g/mol. The number of carbonyl (C=O) groups excluding carboxylic acids is 1. The summed E-state index contributed by atoms with van der Waals surface area (Å²) >= 11 is 0. The minimum Gasteiger partial charge on any atom is -0.481 e. The molecule has 4 nitrogen and oxygen atoms in total. The Morgan fingerprint density at radius 1 is 0.905 bits per heavy atom. The highest BCUT2D eigenvalue weighted by Gasteiger charge is 2.02. The van der Waals surface area contributed by atoms with E-state index in [4.69, 9.17) is 9.84 Å². The standard InChI is InChI=1S/C17H30O4/c1-2-3-4-5-6-9-12-15-21-17(20)14-11-8-7-10-13-16(18)19/h6,9H,2-5,7-8,10-15H2,1H3,(H,18,19)/b9-6-. The molecule has 0 heterocycles. The summed E-state index contributed by atoms with van der Waals surface area (Å²) in [4.78, 5) is 21.7. The molecule has 0 saturated carbocycles. The van der Waals surface area contributed by atoms with E-state index < -0.39 is 5.97 Å². The second kappa shape index (κ2) is 15.1. The van der Waals surface area contributed by atoms with Crippen molar-refractivity contribution in [2.45, 2.75) is 77.6 Å². The molecule has 4 heteroatoms. The van der Waals surface area contributed by atoms with Gasteiger partial charge in [-0.05, 0) is 32.1 Å². The van der Waals surface area contributed by atoms with E-state index in [0.29, 0.717) is 19.4 Å². The molecule has 0 saturated heterocycles. The second-order valence-electron chi connectivity index (χ2n) is 5.28. The second-order valence-corrected chi connectivity index (χ2v) is 5.28. The van der Waals surface area contributed by atoms with Crippen LogP contribution < -0.4 is 0 Å². The molecule has 0 aliphatic carbocycles. The fraction of sp³-hybridized carbons (Fsp3) is 0.765. The first-order chi connectivity index (χ1) is 10.2. The van der Waals surface area contributed by atoms with Crippen molar-refractivity contribution in [1.29, 1.82) is 0 Å². The molecule has 0 amide bonds. The molecule has 0 radical (unpaired) electrons. The van der Waals surface area contributed by atoms with Crippen molar-refractivity contribution in [2.75, 3.05) is 6.61 Å². The summed E-state index contributed by atoms with van der Waals surface area (Å²) in [5.74, 6) is -0.898. The van der Waals surface area contributed by atoms with Gasteiger partial charge >= 0.3 is 11.9 Å². The van der Waals surface area contributed by atoms with Crippen molar-refractivity contribution in [2.24, 2.45) is 0 Å². The molecule has 0 aromatic carbocycles. The Hall–Kier alpha value is -1.32. The van der Waals surface area contributed by atoms with Crippen LogP contribution in [0.4, 0.5) is 0 Å². The molecule has 0 spiro atoms. The summed E-state index contributed by atoms with van der Waals surface area (Å²) in [5, 5.41) is 8.48. The van der Waals surface area contributed by atoms with Crippen LogP contribution in [0.15, 0.2) is 12.2 Å². The molecule has 122 valence electrons. The number of carbonyl (C=O) groups is 2. The zero-order chi connectivity index (χ0) is 15.8. The first kappa shape index (κ1) is 19.7. The van der Waals surface area contributed by atoms with Gasteiger partial charge in [0, 0.05) is 12.8 Å². The molecule has 0 fully saturated rings. The Kier molecular flexibility index (Phi) is 14.1. The molecule has 1 N–H and O–H groups in total. The topological polar surface area (TPSA) is 63.6 Å². The number of unbranched alkanes of at least 4 members (excludes halogenated alkanes) is 6. The third kappa shape index (κ3) is 16.6. The van der Waals surface area contributed by atoms with E-state index in [2.05, 4.69) is 19.1 Å². The van der Waals surface area contributed by atoms with Crippen molar-refractivity contribution in [3.63, 3.8) is 0 Å². The van der Waals surface area contributed by atoms with Crippen LogP contribution in [0, 0.1) is 0 Å². The van der Waals surface area contributed by atoms with Crippen molar-refractivity contribution < 1.29 is 19.4 Å². The fourth-order valence-electron chi connectivity index (χ4n) is 1.96. The number of rotatable bonds is 14. The first-order valence-corrected chi connectivity index (χ1v) is 8.19. The van der Waals surface area contributed by atoms with Gasteiger partial charge in [-0.25, -0.2) is 0 Å². The predicted molar refractivity (Wildman–Crippen MR) is 84.2 cm³/mol. The average molecular weight is 298 g/mol. The molecule has 0 atom stereocenters. The average Bonchev–Trinajstić information content (AvgIpc) is 2.45. The maximum absolute atomic E-state index is 11.4. The molecule has 0 bridgehead atoms. The Morgan fingerprint density at radius 2 is 1.57 bits per heavy atom. The van der Waals surface area contributed by atoms with Gasteiger partial charge in [-0.1, -0.05) is 44.8 Å². The smallest absolute Gasteiger partial charge is 0.305 e. The highest BCUT2D eigenvalue weighted by molar-refractivity contribution is 5.69. The first-order valence-electron chi connectivity index (χ1n) is 8.19. The van der Waals surface area contributed by atoms with Crippen molar-refractivity contribution >= 4 is 11.9 Å². The predicted octanol–water partition coefficient (Wildman–Crippen LogP) is 4.48. The quantitative estimate of drug-likeness (QED) is 0.292. The lowest BCUT2D eigenvalue weighted by Crippen LogP contribution is -2.05. The highest BCUT2D eigenvalue weighted by Crippen LogP contribution is 2.06. The van der Waals surface area contributed by atoms with Gasteiger partial charge in [0.1, 0.15) is 0 Å². The van der Waals surface area contributed by atoms with Crippen LogP contribution in [0.25, 0.3) is 0 Å². The van der Waals surface area contributed by atoms with Crippen LogP contribution in [-0.2, 0) is 14.3 Å². The maximum atomic E-state index is 11.4. The van der Waals surface area contributed by atoms with E-state index in [1.54, 1.807) is 0 Å². The zero-order valence-electron chi connectivity index (χ0n) is 13.3. The van der Waals surface area contributed by atoms with Crippen LogP contribution in [0.2, 0.25) is 0 Å². The number of ether oxygens (including phenoxy) is 1. The third-order valence-electron chi connectivity index (χ3n) is 3.21. The van der Waals surface area contributed by atoms with E-state index in [0.717, 1.165) is 32.1 Å². The summed E-state index contributed by atoms with van der Waals surface area (Å²) < 4.78 is 5.13. The summed E-state index contributed by atoms with van der Waals surface area (Å²) in [6.45, 7) is 2.65. The highest BCUT2D eigenvalue weighted by atomic mass is 16.5. The van der Waals surface area contributed by atoms with E-state index in [1.165, 1.54) is 19.3 Å². The minimum atomic E-state index is -0.753. The summed E-state index contributed by atoms with van der Waals surface area (Å²) in [7, 11) is 0. The Morgan fingerprint density at radius 3 is 2.24 bits per heavy atom. The SMILES string of the molecule is CCCCC/C=C\CCOC(=O)CCCCCCC(=O)O. The molecule has 0 aromatic heterocycles. The lowest BCUT2D eigenvalue weighted by atomic mass is 10.1. The van der Waals surface area contributed by atoms with Gasteiger partial charge < -0.3 is 9.84 Å². The Bertz CT molecular complexity index is 297. The lowest BCUT2D eigenvalue weighted by Gasteiger charge is -2.03. The van der Waals surface area contributed by atoms with Gasteiger partial charge in [-0.2, -0.15) is 0 Å². The number of esters is 1. The molecule has 0 aromatic rings. The van der Waals surface area contributed by atoms with Gasteiger partial charge in [-0.3, -0.25) is 9.59 Å². The van der Waals surface area contributed by atoms with Gasteiger partial charge in [0.15, 0.2) is 0 Å². The van der Waals surface area contributed by atoms with Gasteiger partial charge in [0.05, 0.1) is 6.61 Å². The molecule has 0 aliphatic heterocycles. The van der Waals surface area contributed by atoms with E-state index in [9.17, 15) is 9.59 Å². The van der Waals surface area contributed by atoms with Gasteiger partial charge in [0.2, 0.25) is 0 Å². The van der Waals surface area contributed by atoms with Crippen LogP contribution in [0.3, 0.4) is 0 Å². The Balaban J connectivity index is 3.28. The Labute approximate surface area is 128 Å². The van der Waals surface area contributed by atoms with Gasteiger partial charge in [0.25, 0.3) is 0 Å². The van der Waals surface area contributed by atoms with E-state index >= 15 is 0 Å². The molecular weight excluding hydrogens is 268 g/mol. The number of carboxylic acids is 1. The van der Waals surface area contributed by atoms with Crippen LogP contribution in [0.1, 0.15) is 77.6 Å².